The highest BCUT2D eigenvalue weighted by Crippen LogP contribution is 2.55. The molecule has 0 spiro atoms. The Hall–Kier alpha value is -3.11. The van der Waals surface area contributed by atoms with E-state index in [9.17, 15) is 23.7 Å². The van der Waals surface area contributed by atoms with Crippen LogP contribution in [0.25, 0.3) is 22.2 Å². The Balaban J connectivity index is 1.27. The maximum absolute atomic E-state index is 13.9. The summed E-state index contributed by atoms with van der Waals surface area (Å²) >= 11 is 0. The van der Waals surface area contributed by atoms with Crippen molar-refractivity contribution in [3.05, 3.63) is 35.3 Å². The van der Waals surface area contributed by atoms with Crippen LogP contribution >= 0.6 is 15.6 Å². The highest BCUT2D eigenvalue weighted by molar-refractivity contribution is 7.47. The Kier molecular flexibility index (Phi) is 9.32. The van der Waals surface area contributed by atoms with Crippen molar-refractivity contribution in [2.75, 3.05) is 24.7 Å². The average molecular weight is 786 g/mol. The van der Waals surface area contributed by atoms with Crippen LogP contribution in [0.15, 0.2) is 29.7 Å². The van der Waals surface area contributed by atoms with Gasteiger partial charge in [-0.3, -0.25) is 32.4 Å². The SMILES string of the molecule is CC1[C@H]2OP(=O)(O)OC[C@H]3O[C@@H](n4cnc5c(=O)[nH]c(N)nc54)C(OP(=O)(O)OC[C@H]2O[C@H]1n1ccc2c(N)ncnc21)[C@H]3O[Si](C)(C)C(C)(C)C. The molecule has 0 aliphatic carbocycles. The fourth-order valence-electron chi connectivity index (χ4n) is 6.36. The Morgan fingerprint density at radius 3 is 2.31 bits per heavy atom. The molecular formula is C28H41N9O12P2Si. The summed E-state index contributed by atoms with van der Waals surface area (Å²) in [6, 6.07) is 1.69. The number of nitrogens with two attached hydrogens (primary N) is 2. The molecular weight excluding hydrogens is 744 g/mol. The first kappa shape index (κ1) is 37.2. The van der Waals surface area contributed by atoms with Crippen LogP contribution in [-0.2, 0) is 41.1 Å². The molecule has 4 aromatic heterocycles. The zero-order chi connectivity index (χ0) is 37.5. The predicted molar refractivity (Wildman–Crippen MR) is 185 cm³/mol. The largest absolute Gasteiger partial charge is 0.472 e. The fourth-order valence-corrected chi connectivity index (χ4v) is 9.64. The van der Waals surface area contributed by atoms with Gasteiger partial charge in [-0.05, 0) is 24.2 Å². The van der Waals surface area contributed by atoms with Crippen molar-refractivity contribution in [2.45, 2.75) is 88.8 Å². The zero-order valence-electron chi connectivity index (χ0n) is 29.1. The van der Waals surface area contributed by atoms with Crippen LogP contribution in [0.1, 0.15) is 40.2 Å². The van der Waals surface area contributed by atoms with E-state index >= 15 is 0 Å². The molecule has 3 aliphatic heterocycles. The molecule has 21 nitrogen and oxygen atoms in total. The van der Waals surface area contributed by atoms with Crippen molar-refractivity contribution in [1.29, 1.82) is 0 Å². The molecule has 4 unspecified atom stereocenters. The normalized spacial score (nSPS) is 34.9. The first-order valence-corrected chi connectivity index (χ1v) is 22.2. The minimum absolute atomic E-state index is 0.0229. The molecule has 52 heavy (non-hydrogen) atoms. The van der Waals surface area contributed by atoms with Crippen LogP contribution in [0.4, 0.5) is 11.8 Å². The maximum atomic E-state index is 13.9. The summed E-state index contributed by atoms with van der Waals surface area (Å²) in [7, 11) is -12.7. The van der Waals surface area contributed by atoms with Crippen molar-refractivity contribution < 1.29 is 50.9 Å². The van der Waals surface area contributed by atoms with Crippen molar-refractivity contribution in [3.63, 3.8) is 0 Å². The van der Waals surface area contributed by atoms with E-state index in [4.69, 9.17) is 43.5 Å². The Labute approximate surface area is 297 Å². The van der Waals surface area contributed by atoms with Crippen LogP contribution in [0.2, 0.25) is 18.1 Å². The molecule has 3 fully saturated rings. The number of nitrogens with one attached hydrogen (secondary N) is 1. The number of nitrogens with zero attached hydrogens (tertiary/aromatic N) is 6. The first-order valence-electron chi connectivity index (χ1n) is 16.3. The van der Waals surface area contributed by atoms with Gasteiger partial charge in [-0.1, -0.05) is 27.7 Å². The quantitative estimate of drug-likeness (QED) is 0.147. The number of phosphoric ester groups is 2. The van der Waals surface area contributed by atoms with Gasteiger partial charge in [-0.25, -0.2) is 24.1 Å². The van der Waals surface area contributed by atoms with Gasteiger partial charge in [0, 0.05) is 12.1 Å². The van der Waals surface area contributed by atoms with Gasteiger partial charge in [-0.15, -0.1) is 0 Å². The third-order valence-electron chi connectivity index (χ3n) is 10.0. The van der Waals surface area contributed by atoms with Crippen molar-refractivity contribution in [1.82, 2.24) is 34.1 Å². The maximum Gasteiger partial charge on any atom is 0.472 e. The molecule has 24 heteroatoms. The molecule has 0 saturated carbocycles. The van der Waals surface area contributed by atoms with Gasteiger partial charge in [0.15, 0.2) is 25.7 Å². The number of rotatable bonds is 4. The summed E-state index contributed by atoms with van der Waals surface area (Å²) in [6.45, 7) is 10.3. The van der Waals surface area contributed by atoms with E-state index in [1.807, 2.05) is 33.9 Å². The molecule has 0 radical (unpaired) electrons. The molecule has 0 aromatic carbocycles. The lowest BCUT2D eigenvalue weighted by atomic mass is 10.0. The number of phosphoric acid groups is 2. The van der Waals surface area contributed by atoms with Crippen molar-refractivity contribution in [2.24, 2.45) is 5.92 Å². The molecule has 7 rings (SSSR count). The second kappa shape index (κ2) is 13.0. The summed E-state index contributed by atoms with van der Waals surface area (Å²) in [4.78, 5) is 54.0. The molecule has 0 amide bonds. The van der Waals surface area contributed by atoms with E-state index in [0.717, 1.165) is 0 Å². The van der Waals surface area contributed by atoms with Crippen LogP contribution in [0, 0.1) is 5.92 Å². The zero-order valence-corrected chi connectivity index (χ0v) is 31.8. The number of aromatic nitrogens is 7. The fraction of sp³-hybridized carbons (Fsp3) is 0.607. The van der Waals surface area contributed by atoms with Gasteiger partial charge in [0.25, 0.3) is 5.56 Å². The van der Waals surface area contributed by atoms with E-state index in [2.05, 4.69) is 24.9 Å². The van der Waals surface area contributed by atoms with E-state index in [0.29, 0.717) is 11.0 Å². The van der Waals surface area contributed by atoms with Crippen molar-refractivity contribution in [3.8, 4) is 0 Å². The number of H-pyrrole nitrogens is 1. The summed E-state index contributed by atoms with van der Waals surface area (Å²) in [5, 5.41) is 0.184. The summed E-state index contributed by atoms with van der Waals surface area (Å²) in [6.07, 6.45) is -4.18. The molecule has 3 aliphatic rings. The van der Waals surface area contributed by atoms with Gasteiger partial charge in [0.05, 0.1) is 24.9 Å². The van der Waals surface area contributed by atoms with Gasteiger partial charge < -0.3 is 39.7 Å². The van der Waals surface area contributed by atoms with Gasteiger partial charge in [0.2, 0.25) is 5.95 Å². The molecule has 4 aromatic rings. The molecule has 2 bridgehead atoms. The number of ether oxygens (including phenoxy) is 2. The minimum atomic E-state index is -5.03. The van der Waals surface area contributed by atoms with Crippen LogP contribution < -0.4 is 17.0 Å². The number of fused-ring (bicyclic) bond motifs is 5. The van der Waals surface area contributed by atoms with E-state index < -0.39 is 91.6 Å². The van der Waals surface area contributed by atoms with Crippen LogP contribution in [0.5, 0.6) is 0 Å². The van der Waals surface area contributed by atoms with Gasteiger partial charge >= 0.3 is 15.6 Å². The highest BCUT2D eigenvalue weighted by Gasteiger charge is 2.56. The van der Waals surface area contributed by atoms with Gasteiger partial charge in [0.1, 0.15) is 54.5 Å². The molecule has 7 heterocycles. The predicted octanol–water partition coefficient (Wildman–Crippen LogP) is 2.57. The van der Waals surface area contributed by atoms with Gasteiger partial charge in [-0.2, -0.15) is 4.98 Å². The monoisotopic (exact) mass is 785 g/mol. The van der Waals surface area contributed by atoms with Crippen molar-refractivity contribution >= 4 is 57.9 Å². The smallest absolute Gasteiger partial charge is 0.408 e. The molecule has 10 atom stereocenters. The number of aromatic amines is 1. The lowest BCUT2D eigenvalue weighted by Crippen LogP contribution is -2.50. The Bertz CT molecular complexity index is 2160. The molecule has 284 valence electrons. The number of hydrogen-bond acceptors (Lipinski definition) is 16. The molecule has 3 saturated heterocycles. The number of imidazole rings is 1. The highest BCUT2D eigenvalue weighted by atomic mass is 31.2. The standard InChI is InChI=1S/C28H41N9O12P2Si/c1-13-18-15(45-25(13)36-8-7-14-21(29)31-11-32-22(14)36)9-43-51(41,42)48-20-19(49-52(5,6)28(2,3)4)16(10-44-50(39,40)47-18)46-26(20)37-12-33-17-23(37)34-27(30)35-24(17)38/h7-8,11-13,15-16,18-20,25-26H,9-10H2,1-6H3,(H,39,40)(H,41,42)(H2,29,31,32)(H3,30,34,35,38)/t13?,15-,16-,18-,19+,20?,25-,26-/m1/s1. The van der Waals surface area contributed by atoms with Crippen LogP contribution in [-0.4, -0.2) is 95.9 Å². The summed E-state index contributed by atoms with van der Waals surface area (Å²) in [5.41, 5.74) is 11.5. The van der Waals surface area contributed by atoms with Crippen LogP contribution in [0.3, 0.4) is 0 Å². The van der Waals surface area contributed by atoms with E-state index in [1.54, 1.807) is 23.8 Å². The second-order valence-electron chi connectivity index (χ2n) is 14.5. The average Bonchev–Trinajstić information content (AvgIpc) is 3.80. The summed E-state index contributed by atoms with van der Waals surface area (Å²) < 4.78 is 72.6. The summed E-state index contributed by atoms with van der Waals surface area (Å²) in [5.74, 6) is -0.635. The third-order valence-corrected chi connectivity index (χ3v) is 16.5. The third kappa shape index (κ3) is 6.76. The van der Waals surface area contributed by atoms with E-state index in [-0.39, 0.29) is 28.0 Å². The number of anilines is 2. The number of nitrogen functional groups attached to an aromatic ring is 2. The minimum Gasteiger partial charge on any atom is -0.408 e. The lowest BCUT2D eigenvalue weighted by Gasteiger charge is -2.40. The number of hydrogen-bond donors (Lipinski definition) is 5. The second-order valence-corrected chi connectivity index (χ2v) is 22.1. The first-order chi connectivity index (χ1) is 24.3. The topological polar surface area (TPSA) is 286 Å². The Morgan fingerprint density at radius 2 is 1.62 bits per heavy atom. The Morgan fingerprint density at radius 1 is 0.962 bits per heavy atom. The lowest BCUT2D eigenvalue weighted by molar-refractivity contribution is -0.0669. The van der Waals surface area contributed by atoms with E-state index in [1.165, 1.54) is 17.2 Å². The molecule has 7 N–H and O–H groups in total.